The monoisotopic (exact) mass is 466 g/mol. The van der Waals surface area contributed by atoms with E-state index in [0.717, 1.165) is 29.4 Å². The van der Waals surface area contributed by atoms with E-state index in [0.29, 0.717) is 31.8 Å². The first-order valence-electron chi connectivity index (χ1n) is 11.1. The highest BCUT2D eigenvalue weighted by atomic mass is 16.5. The minimum absolute atomic E-state index is 0.0463. The standard InChI is InChI=1S/C11H13N3O2.C10H19NO2.C2H6.H4N2/c1-14-10-4-3-8(6-12-7-15)5-9(10)11(13-14)16-2;1-10(2,3)6-9(13)11-5-4-8(12)7-11;2*1-2/h3-5,7H,6H2,1-2H3,(H,12,15);8,12H,4-7H2,1-3H3;1-2H3;1-2H2. The lowest BCUT2D eigenvalue weighted by Gasteiger charge is -2.22. The molecule has 1 aromatic carbocycles. The number of rotatable bonds is 5. The van der Waals surface area contributed by atoms with Gasteiger partial charge in [0.25, 0.3) is 0 Å². The van der Waals surface area contributed by atoms with Crippen molar-refractivity contribution < 1.29 is 19.4 Å². The van der Waals surface area contributed by atoms with Gasteiger partial charge >= 0.3 is 0 Å². The van der Waals surface area contributed by atoms with Crippen molar-refractivity contribution in [3.05, 3.63) is 23.8 Å². The number of likely N-dealkylation sites (tertiary alicyclic amines) is 1. The van der Waals surface area contributed by atoms with E-state index in [1.54, 1.807) is 16.7 Å². The highest BCUT2D eigenvalue weighted by Gasteiger charge is 2.27. The van der Waals surface area contributed by atoms with Gasteiger partial charge in [0.15, 0.2) is 0 Å². The zero-order valence-corrected chi connectivity index (χ0v) is 21.1. The van der Waals surface area contributed by atoms with E-state index >= 15 is 0 Å². The first-order chi connectivity index (χ1) is 15.6. The van der Waals surface area contributed by atoms with Gasteiger partial charge in [-0.3, -0.25) is 26.0 Å². The number of carbonyl (C=O) groups excluding carboxylic acids is 2. The van der Waals surface area contributed by atoms with E-state index in [1.165, 1.54) is 0 Å². The van der Waals surface area contributed by atoms with Crippen LogP contribution >= 0.6 is 0 Å². The molecule has 1 aromatic heterocycles. The normalized spacial score (nSPS) is 14.7. The molecule has 0 saturated carbocycles. The number of ether oxygens (including phenoxy) is 1. The molecule has 10 heteroatoms. The summed E-state index contributed by atoms with van der Waals surface area (Å²) >= 11 is 0. The number of hydrazine groups is 1. The Bertz CT molecular complexity index is 847. The fourth-order valence-corrected chi connectivity index (χ4v) is 3.23. The number of benzene rings is 1. The van der Waals surface area contributed by atoms with Crippen LogP contribution in [-0.2, 0) is 23.2 Å². The molecule has 0 bridgehead atoms. The molecular weight excluding hydrogens is 424 g/mol. The summed E-state index contributed by atoms with van der Waals surface area (Å²) in [5.41, 5.74) is 2.07. The Kier molecular flexibility index (Phi) is 14.0. The number of hydrogen-bond donors (Lipinski definition) is 4. The quantitative estimate of drug-likeness (QED) is 0.298. The average molecular weight is 467 g/mol. The first kappa shape index (κ1) is 30.3. The second-order valence-electron chi connectivity index (χ2n) is 8.50. The van der Waals surface area contributed by atoms with Crippen molar-refractivity contribution in [2.24, 2.45) is 24.1 Å². The number of amides is 2. The number of methoxy groups -OCH3 is 1. The van der Waals surface area contributed by atoms with Crippen LogP contribution in [-0.4, -0.2) is 58.4 Å². The van der Waals surface area contributed by atoms with Gasteiger partial charge in [0.05, 0.1) is 24.1 Å². The smallest absolute Gasteiger partial charge is 0.240 e. The predicted octanol–water partition coefficient (Wildman–Crippen LogP) is 1.69. The lowest BCUT2D eigenvalue weighted by molar-refractivity contribution is -0.132. The molecule has 1 aliphatic heterocycles. The molecule has 188 valence electrons. The highest BCUT2D eigenvalue weighted by molar-refractivity contribution is 5.85. The first-order valence-corrected chi connectivity index (χ1v) is 11.1. The topological polar surface area (TPSA) is 149 Å². The molecule has 6 N–H and O–H groups in total. The molecular formula is C23H42N6O4. The second-order valence-corrected chi connectivity index (χ2v) is 8.50. The summed E-state index contributed by atoms with van der Waals surface area (Å²) in [5.74, 6) is 8.77. The number of aromatic nitrogens is 2. The van der Waals surface area contributed by atoms with E-state index < -0.39 is 0 Å². The molecule has 3 rings (SSSR count). The van der Waals surface area contributed by atoms with E-state index in [4.69, 9.17) is 4.74 Å². The molecule has 1 saturated heterocycles. The lowest BCUT2D eigenvalue weighted by Crippen LogP contribution is -2.32. The van der Waals surface area contributed by atoms with Crippen molar-refractivity contribution in [3.8, 4) is 5.88 Å². The average Bonchev–Trinajstić information content (AvgIpc) is 3.37. The van der Waals surface area contributed by atoms with Gasteiger partial charge in [-0.25, -0.2) is 0 Å². The molecule has 10 nitrogen and oxygen atoms in total. The third kappa shape index (κ3) is 10.2. The number of β-amino-alcohol motifs (C(OH)–C–C–N with tert-alkyl or cyclic N) is 1. The van der Waals surface area contributed by atoms with Crippen LogP contribution in [0.15, 0.2) is 18.2 Å². The molecule has 0 spiro atoms. The Morgan fingerprint density at radius 2 is 1.97 bits per heavy atom. The molecule has 1 fully saturated rings. The van der Waals surface area contributed by atoms with E-state index in [2.05, 4.69) is 42.9 Å². The Labute approximate surface area is 197 Å². The number of hydrogen-bond acceptors (Lipinski definition) is 7. The fraction of sp³-hybridized carbons (Fsp3) is 0.609. The zero-order chi connectivity index (χ0) is 25.6. The summed E-state index contributed by atoms with van der Waals surface area (Å²) < 4.78 is 6.95. The molecule has 1 aliphatic rings. The van der Waals surface area contributed by atoms with Crippen LogP contribution in [0.2, 0.25) is 0 Å². The number of carbonyl (C=O) groups is 2. The Hall–Kier alpha value is -2.69. The van der Waals surface area contributed by atoms with Crippen molar-refractivity contribution in [2.75, 3.05) is 20.2 Å². The van der Waals surface area contributed by atoms with Crippen LogP contribution in [0.1, 0.15) is 53.0 Å². The van der Waals surface area contributed by atoms with Crippen LogP contribution in [0, 0.1) is 5.41 Å². The Morgan fingerprint density at radius 3 is 2.45 bits per heavy atom. The van der Waals surface area contributed by atoms with Crippen LogP contribution in [0.4, 0.5) is 0 Å². The molecule has 2 heterocycles. The van der Waals surface area contributed by atoms with E-state index in [9.17, 15) is 14.7 Å². The number of nitrogens with two attached hydrogens (primary N) is 2. The second kappa shape index (κ2) is 15.2. The van der Waals surface area contributed by atoms with Gasteiger partial charge in [-0.2, -0.15) is 0 Å². The number of aliphatic hydroxyl groups excluding tert-OH is 1. The number of nitrogens with zero attached hydrogens (tertiary/aromatic N) is 3. The van der Waals surface area contributed by atoms with Gasteiger partial charge in [0.2, 0.25) is 18.2 Å². The maximum absolute atomic E-state index is 11.6. The molecule has 1 unspecified atom stereocenters. The van der Waals surface area contributed by atoms with Crippen LogP contribution in [0.3, 0.4) is 0 Å². The van der Waals surface area contributed by atoms with Crippen LogP contribution in [0.5, 0.6) is 5.88 Å². The van der Waals surface area contributed by atoms with Gasteiger partial charge in [-0.05, 0) is 29.5 Å². The van der Waals surface area contributed by atoms with Gasteiger partial charge in [0, 0.05) is 33.1 Å². The molecule has 33 heavy (non-hydrogen) atoms. The molecule has 1 atom stereocenters. The third-order valence-electron chi connectivity index (χ3n) is 4.66. The van der Waals surface area contributed by atoms with E-state index in [1.807, 2.05) is 39.1 Å². The summed E-state index contributed by atoms with van der Waals surface area (Å²) in [6.45, 7) is 11.9. The maximum Gasteiger partial charge on any atom is 0.240 e. The number of nitrogens with one attached hydrogen (secondary N) is 1. The zero-order valence-electron chi connectivity index (χ0n) is 21.1. The van der Waals surface area contributed by atoms with Crippen molar-refractivity contribution >= 4 is 23.2 Å². The van der Waals surface area contributed by atoms with Gasteiger partial charge < -0.3 is 20.1 Å². The highest BCUT2D eigenvalue weighted by Crippen LogP contribution is 2.25. The molecule has 0 aliphatic carbocycles. The Balaban J connectivity index is 0.000000549. The summed E-state index contributed by atoms with van der Waals surface area (Å²) in [6, 6.07) is 5.89. The third-order valence-corrected chi connectivity index (χ3v) is 4.66. The molecule has 0 radical (unpaired) electrons. The number of fused-ring (bicyclic) bond motifs is 1. The summed E-state index contributed by atoms with van der Waals surface area (Å²) in [5, 5.41) is 17.1. The summed E-state index contributed by atoms with van der Waals surface area (Å²) in [6.07, 6.45) is 1.68. The fourth-order valence-electron chi connectivity index (χ4n) is 3.23. The van der Waals surface area contributed by atoms with E-state index in [-0.39, 0.29) is 17.4 Å². The Morgan fingerprint density at radius 1 is 1.33 bits per heavy atom. The summed E-state index contributed by atoms with van der Waals surface area (Å²) in [4.78, 5) is 23.6. The van der Waals surface area contributed by atoms with Crippen molar-refractivity contribution in [2.45, 2.75) is 60.1 Å². The van der Waals surface area contributed by atoms with Gasteiger partial charge in [-0.15, -0.1) is 5.10 Å². The van der Waals surface area contributed by atoms with Crippen LogP contribution in [0.25, 0.3) is 10.9 Å². The SMILES string of the molecule is CC.CC(C)(C)CC(=O)N1CCC(O)C1.COc1nn(C)c2ccc(CNC=O)cc12.NN. The van der Waals surface area contributed by atoms with Crippen molar-refractivity contribution in [1.82, 2.24) is 20.0 Å². The maximum atomic E-state index is 11.6. The minimum Gasteiger partial charge on any atom is -0.479 e. The predicted molar refractivity (Wildman–Crippen MR) is 131 cm³/mol. The molecule has 2 amide bonds. The largest absolute Gasteiger partial charge is 0.479 e. The lowest BCUT2D eigenvalue weighted by atomic mass is 9.92. The van der Waals surface area contributed by atoms with Crippen LogP contribution < -0.4 is 21.7 Å². The molecule has 2 aromatic rings. The van der Waals surface area contributed by atoms with Gasteiger partial charge in [0.1, 0.15) is 0 Å². The van der Waals surface area contributed by atoms with Gasteiger partial charge in [-0.1, -0.05) is 40.7 Å². The van der Waals surface area contributed by atoms with Crippen molar-refractivity contribution in [3.63, 3.8) is 0 Å². The van der Waals surface area contributed by atoms with Crippen molar-refractivity contribution in [1.29, 1.82) is 0 Å². The summed E-state index contributed by atoms with van der Waals surface area (Å²) in [7, 11) is 3.46. The number of aliphatic hydroxyl groups is 1. The minimum atomic E-state index is -0.302. The number of aryl methyl sites for hydroxylation is 1.